The smallest absolute Gasteiger partial charge is 0.284 e. The molecule has 0 radical (unpaired) electrons. The number of aliphatic imine (C=N–C) groups is 1. The van der Waals surface area contributed by atoms with Crippen LogP contribution < -0.4 is 5.73 Å². The molecule has 0 bridgehead atoms. The Morgan fingerprint density at radius 3 is 3.42 bits per heavy atom. The van der Waals surface area contributed by atoms with Crippen LogP contribution in [0.2, 0.25) is 0 Å². The minimum Gasteiger partial charge on any atom is -0.454 e. The fraction of sp³-hybridized carbons (Fsp3) is 0.429. The van der Waals surface area contributed by atoms with Crippen LogP contribution in [0.3, 0.4) is 0 Å². The zero-order valence-electron chi connectivity index (χ0n) is 6.38. The predicted octanol–water partition coefficient (Wildman–Crippen LogP) is -0.946. The Kier molecular flexibility index (Phi) is 1.49. The topological polar surface area (TPSA) is 67.9 Å². The van der Waals surface area contributed by atoms with Crippen LogP contribution in [-0.2, 0) is 9.53 Å². The van der Waals surface area contributed by atoms with Gasteiger partial charge in [0.1, 0.15) is 0 Å². The molecule has 0 aromatic heterocycles. The van der Waals surface area contributed by atoms with Gasteiger partial charge in [0.15, 0.2) is 12.3 Å². The maximum Gasteiger partial charge on any atom is 0.284 e. The third kappa shape index (κ3) is 0.939. The van der Waals surface area contributed by atoms with Crippen molar-refractivity contribution in [2.24, 2.45) is 10.7 Å². The molecule has 0 saturated heterocycles. The fourth-order valence-corrected chi connectivity index (χ4v) is 1.37. The molecule has 0 aliphatic carbocycles. The lowest BCUT2D eigenvalue weighted by Crippen LogP contribution is -2.41. The van der Waals surface area contributed by atoms with E-state index < -0.39 is 0 Å². The molecule has 1 amide bonds. The lowest BCUT2D eigenvalue weighted by atomic mass is 10.2. The van der Waals surface area contributed by atoms with Crippen LogP contribution in [0.5, 0.6) is 0 Å². The molecule has 2 aliphatic heterocycles. The van der Waals surface area contributed by atoms with Crippen LogP contribution in [0, 0.1) is 0 Å². The Bertz CT molecular complexity index is 261. The first-order chi connectivity index (χ1) is 5.81. The second kappa shape index (κ2) is 2.51. The number of carbonyl (C=O) groups excluding carboxylic acids is 1. The number of nitrogens with zero attached hydrogens (tertiary/aromatic N) is 2. The molecule has 2 rings (SSSR count). The van der Waals surface area contributed by atoms with E-state index in [1.165, 1.54) is 0 Å². The van der Waals surface area contributed by atoms with Gasteiger partial charge in [-0.15, -0.1) is 0 Å². The summed E-state index contributed by atoms with van der Waals surface area (Å²) in [5, 5.41) is 0. The van der Waals surface area contributed by atoms with Crippen LogP contribution in [0.25, 0.3) is 0 Å². The van der Waals surface area contributed by atoms with Gasteiger partial charge < -0.3 is 15.4 Å². The Morgan fingerprint density at radius 1 is 1.83 bits per heavy atom. The number of hydrogen-bond acceptors (Lipinski definition) is 4. The Morgan fingerprint density at radius 2 is 2.67 bits per heavy atom. The number of carbonyl (C=O) groups is 1. The molecule has 2 atom stereocenters. The summed E-state index contributed by atoms with van der Waals surface area (Å²) < 4.78 is 5.14. The van der Waals surface area contributed by atoms with Crippen molar-refractivity contribution >= 4 is 12.4 Å². The zero-order chi connectivity index (χ0) is 8.55. The van der Waals surface area contributed by atoms with E-state index in [9.17, 15) is 4.79 Å². The first-order valence-corrected chi connectivity index (χ1v) is 3.69. The lowest BCUT2D eigenvalue weighted by molar-refractivity contribution is -0.120. The molecule has 12 heavy (non-hydrogen) atoms. The van der Waals surface area contributed by atoms with E-state index in [1.807, 2.05) is 12.2 Å². The monoisotopic (exact) mass is 167 g/mol. The normalized spacial score (nSPS) is 32.3. The van der Waals surface area contributed by atoms with E-state index >= 15 is 0 Å². The highest BCUT2D eigenvalue weighted by Gasteiger charge is 2.34. The predicted molar refractivity (Wildman–Crippen MR) is 42.2 cm³/mol. The highest BCUT2D eigenvalue weighted by atomic mass is 16.5. The number of amidine groups is 1. The SMILES string of the molecule is NC1=NC2C(C=CCN2C=O)O1. The minimum atomic E-state index is -0.257. The minimum absolute atomic E-state index is 0.156. The average Bonchev–Trinajstić information content (AvgIpc) is 2.44. The van der Waals surface area contributed by atoms with Gasteiger partial charge in [0.2, 0.25) is 6.41 Å². The lowest BCUT2D eigenvalue weighted by Gasteiger charge is -2.27. The summed E-state index contributed by atoms with van der Waals surface area (Å²) in [6.07, 6.45) is 4.04. The molecule has 2 heterocycles. The summed E-state index contributed by atoms with van der Waals surface area (Å²) in [5.41, 5.74) is 5.36. The van der Waals surface area contributed by atoms with E-state index in [2.05, 4.69) is 4.99 Å². The summed E-state index contributed by atoms with van der Waals surface area (Å²) in [6.45, 7) is 0.574. The van der Waals surface area contributed by atoms with Crippen molar-refractivity contribution in [1.29, 1.82) is 0 Å². The fourth-order valence-electron chi connectivity index (χ4n) is 1.37. The van der Waals surface area contributed by atoms with E-state index in [1.54, 1.807) is 4.90 Å². The molecule has 0 spiro atoms. The molecule has 5 heteroatoms. The van der Waals surface area contributed by atoms with Gasteiger partial charge in [-0.25, -0.2) is 4.99 Å². The van der Waals surface area contributed by atoms with Gasteiger partial charge in [0, 0.05) is 6.54 Å². The second-order valence-corrected chi connectivity index (χ2v) is 2.69. The van der Waals surface area contributed by atoms with Gasteiger partial charge >= 0.3 is 0 Å². The molecule has 2 aliphatic rings. The summed E-state index contributed by atoms with van der Waals surface area (Å²) in [5.74, 6) is 0. The maximum atomic E-state index is 10.5. The summed E-state index contributed by atoms with van der Waals surface area (Å²) >= 11 is 0. The number of rotatable bonds is 1. The second-order valence-electron chi connectivity index (χ2n) is 2.69. The first kappa shape index (κ1) is 7.15. The molecular weight excluding hydrogens is 158 g/mol. The van der Waals surface area contributed by atoms with Crippen LogP contribution in [0.15, 0.2) is 17.1 Å². The van der Waals surface area contributed by atoms with Crippen LogP contribution in [0.1, 0.15) is 0 Å². The largest absolute Gasteiger partial charge is 0.454 e. The molecule has 2 N–H and O–H groups in total. The van der Waals surface area contributed by atoms with E-state index in [0.717, 1.165) is 6.41 Å². The first-order valence-electron chi connectivity index (χ1n) is 3.69. The van der Waals surface area contributed by atoms with E-state index in [4.69, 9.17) is 10.5 Å². The van der Waals surface area contributed by atoms with Crippen molar-refractivity contribution in [2.75, 3.05) is 6.54 Å². The Balaban J connectivity index is 2.23. The third-order valence-electron chi connectivity index (χ3n) is 1.93. The van der Waals surface area contributed by atoms with Gasteiger partial charge in [-0.1, -0.05) is 6.08 Å². The zero-order valence-corrected chi connectivity index (χ0v) is 6.38. The van der Waals surface area contributed by atoms with Crippen LogP contribution in [-0.4, -0.2) is 36.1 Å². The van der Waals surface area contributed by atoms with Gasteiger partial charge in [-0.05, 0) is 6.08 Å². The third-order valence-corrected chi connectivity index (χ3v) is 1.93. The Labute approximate surface area is 69.5 Å². The number of nitrogens with two attached hydrogens (primary N) is 1. The van der Waals surface area contributed by atoms with Gasteiger partial charge in [-0.3, -0.25) is 4.79 Å². The highest BCUT2D eigenvalue weighted by molar-refractivity contribution is 5.74. The highest BCUT2D eigenvalue weighted by Crippen LogP contribution is 2.19. The van der Waals surface area contributed by atoms with Crippen LogP contribution >= 0.6 is 0 Å². The molecule has 2 unspecified atom stereocenters. The molecule has 5 nitrogen and oxygen atoms in total. The molecule has 0 aromatic carbocycles. The van der Waals surface area contributed by atoms with E-state index in [-0.39, 0.29) is 18.3 Å². The Hall–Kier alpha value is -1.52. The number of hydrogen-bond donors (Lipinski definition) is 1. The molecule has 0 fully saturated rings. The van der Waals surface area contributed by atoms with Crippen molar-refractivity contribution in [1.82, 2.24) is 4.90 Å². The maximum absolute atomic E-state index is 10.5. The summed E-state index contributed by atoms with van der Waals surface area (Å²) in [7, 11) is 0. The molecule has 64 valence electrons. The van der Waals surface area contributed by atoms with Crippen molar-refractivity contribution in [3.63, 3.8) is 0 Å². The molecule has 0 aromatic rings. The van der Waals surface area contributed by atoms with Gasteiger partial charge in [-0.2, -0.15) is 0 Å². The quantitative estimate of drug-likeness (QED) is 0.404. The van der Waals surface area contributed by atoms with Crippen LogP contribution in [0.4, 0.5) is 0 Å². The number of ether oxygens (including phenoxy) is 1. The van der Waals surface area contributed by atoms with Crippen molar-refractivity contribution in [2.45, 2.75) is 12.3 Å². The number of amides is 1. The molecular formula is C7H9N3O2. The standard InChI is InChI=1S/C7H9N3O2/c8-7-9-6-5(12-7)2-1-3-10(6)4-11/h1-2,4-6H,3H2,(H2,8,9). The van der Waals surface area contributed by atoms with Crippen molar-refractivity contribution < 1.29 is 9.53 Å². The summed E-state index contributed by atoms with van der Waals surface area (Å²) in [6, 6.07) is 0.156. The van der Waals surface area contributed by atoms with Gasteiger partial charge in [0.05, 0.1) is 0 Å². The number of fused-ring (bicyclic) bond motifs is 1. The average molecular weight is 167 g/mol. The van der Waals surface area contributed by atoms with Gasteiger partial charge in [0.25, 0.3) is 6.02 Å². The van der Waals surface area contributed by atoms with E-state index in [0.29, 0.717) is 6.54 Å². The molecule has 0 saturated carbocycles. The van der Waals surface area contributed by atoms with Crippen molar-refractivity contribution in [3.8, 4) is 0 Å². The summed E-state index contributed by atoms with van der Waals surface area (Å²) in [4.78, 5) is 16.1. The van der Waals surface area contributed by atoms with Crippen molar-refractivity contribution in [3.05, 3.63) is 12.2 Å².